The lowest BCUT2D eigenvalue weighted by atomic mass is 10.2. The molecule has 1 aromatic carbocycles. The van der Waals surface area contributed by atoms with Crippen LogP contribution in [-0.4, -0.2) is 38.4 Å². The van der Waals surface area contributed by atoms with Gasteiger partial charge >= 0.3 is 5.97 Å². The van der Waals surface area contributed by atoms with E-state index in [2.05, 4.69) is 0 Å². The molecule has 6 heteroatoms. The van der Waals surface area contributed by atoms with E-state index in [0.717, 1.165) is 5.56 Å². The predicted octanol–water partition coefficient (Wildman–Crippen LogP) is 1.42. The van der Waals surface area contributed by atoms with Crippen molar-refractivity contribution in [2.45, 2.75) is 24.8 Å². The molecule has 1 aliphatic carbocycles. The van der Waals surface area contributed by atoms with Crippen molar-refractivity contribution in [3.8, 4) is 0 Å². The Kier molecular flexibility index (Phi) is 3.33. The van der Waals surface area contributed by atoms with Crippen molar-refractivity contribution in [3.05, 3.63) is 29.8 Å². The number of sulfonamides is 1. The lowest BCUT2D eigenvalue weighted by molar-refractivity contribution is -0.143. The number of aryl methyl sites for hydroxylation is 1. The number of carbonyl (C=O) groups excluding carboxylic acids is 1. The molecular formula is C15H19NO4S. The summed E-state index contributed by atoms with van der Waals surface area (Å²) in [5, 5.41) is 0. The van der Waals surface area contributed by atoms with Crippen molar-refractivity contribution in [2.75, 3.05) is 13.7 Å². The summed E-state index contributed by atoms with van der Waals surface area (Å²) in [6.07, 6.45) is 0. The Balaban J connectivity index is 1.81. The maximum Gasteiger partial charge on any atom is 0.309 e. The predicted molar refractivity (Wildman–Crippen MR) is 77.0 cm³/mol. The molecule has 1 aromatic rings. The molecule has 1 saturated carbocycles. The summed E-state index contributed by atoms with van der Waals surface area (Å²) in [6.45, 7) is 4.20. The number of nitrogens with zero attached hydrogens (tertiary/aromatic N) is 1. The lowest BCUT2D eigenvalue weighted by Crippen LogP contribution is -2.38. The maximum absolute atomic E-state index is 12.7. The zero-order valence-corrected chi connectivity index (χ0v) is 13.1. The molecule has 4 atom stereocenters. The molecule has 1 aliphatic heterocycles. The SMILES string of the molecule is COC(=O)[C@@H]1[C@H]2CN(S(=O)(=O)c3ccc(C)cc3)C(C)[C@H]21. The number of hydrogen-bond donors (Lipinski definition) is 0. The normalized spacial score (nSPS) is 31.8. The summed E-state index contributed by atoms with van der Waals surface area (Å²) in [4.78, 5) is 11.9. The second-order valence-corrected chi connectivity index (χ2v) is 7.81. The van der Waals surface area contributed by atoms with E-state index >= 15 is 0 Å². The van der Waals surface area contributed by atoms with Crippen molar-refractivity contribution < 1.29 is 17.9 Å². The summed E-state index contributed by atoms with van der Waals surface area (Å²) >= 11 is 0. The quantitative estimate of drug-likeness (QED) is 0.792. The van der Waals surface area contributed by atoms with E-state index < -0.39 is 10.0 Å². The van der Waals surface area contributed by atoms with Gasteiger partial charge in [0.05, 0.1) is 17.9 Å². The van der Waals surface area contributed by atoms with Gasteiger partial charge in [0, 0.05) is 12.6 Å². The number of benzene rings is 1. The minimum absolute atomic E-state index is 0.0951. The first-order chi connectivity index (χ1) is 9.87. The highest BCUT2D eigenvalue weighted by atomic mass is 32.2. The van der Waals surface area contributed by atoms with Crippen LogP contribution in [0.15, 0.2) is 29.2 Å². The maximum atomic E-state index is 12.7. The van der Waals surface area contributed by atoms with Crippen LogP contribution >= 0.6 is 0 Å². The van der Waals surface area contributed by atoms with Crippen molar-refractivity contribution >= 4 is 16.0 Å². The molecule has 5 nitrogen and oxygen atoms in total. The fourth-order valence-electron chi connectivity index (χ4n) is 3.49. The zero-order chi connectivity index (χ0) is 15.4. The van der Waals surface area contributed by atoms with Crippen LogP contribution in [0.5, 0.6) is 0 Å². The van der Waals surface area contributed by atoms with Gasteiger partial charge in [-0.25, -0.2) is 8.42 Å². The van der Waals surface area contributed by atoms with Crippen LogP contribution in [0.25, 0.3) is 0 Å². The van der Waals surface area contributed by atoms with Crippen molar-refractivity contribution in [1.29, 1.82) is 0 Å². The minimum atomic E-state index is -3.48. The van der Waals surface area contributed by atoms with Gasteiger partial charge in [-0.3, -0.25) is 4.79 Å². The molecular weight excluding hydrogens is 290 g/mol. The zero-order valence-electron chi connectivity index (χ0n) is 12.3. The molecule has 1 unspecified atom stereocenters. The van der Waals surface area contributed by atoms with Gasteiger partial charge in [-0.2, -0.15) is 4.31 Å². The van der Waals surface area contributed by atoms with Gasteiger partial charge in [-0.05, 0) is 37.8 Å². The Hall–Kier alpha value is -1.40. The van der Waals surface area contributed by atoms with E-state index in [9.17, 15) is 13.2 Å². The van der Waals surface area contributed by atoms with Gasteiger partial charge in [-0.1, -0.05) is 17.7 Å². The smallest absolute Gasteiger partial charge is 0.309 e. The van der Waals surface area contributed by atoms with Gasteiger partial charge < -0.3 is 4.74 Å². The van der Waals surface area contributed by atoms with E-state index in [4.69, 9.17) is 4.74 Å². The van der Waals surface area contributed by atoms with Crippen LogP contribution in [0.3, 0.4) is 0 Å². The standard InChI is InChI=1S/C15H19NO4S/c1-9-4-6-11(7-5-9)21(18,19)16-8-12-13(10(16)2)14(12)15(17)20-3/h4-7,10,12-14H,8H2,1-3H3/t10?,12-,13+,14+/m0/s1. The fourth-order valence-corrected chi connectivity index (χ4v) is 5.19. The third-order valence-electron chi connectivity index (χ3n) is 4.73. The average molecular weight is 309 g/mol. The largest absolute Gasteiger partial charge is 0.469 e. The Bertz CT molecular complexity index is 667. The Morgan fingerprint density at radius 2 is 1.90 bits per heavy atom. The van der Waals surface area contributed by atoms with Gasteiger partial charge in [-0.15, -0.1) is 0 Å². The number of esters is 1. The van der Waals surface area contributed by atoms with E-state index in [1.807, 2.05) is 13.8 Å². The number of ether oxygens (including phenoxy) is 1. The van der Waals surface area contributed by atoms with Crippen molar-refractivity contribution in [3.63, 3.8) is 0 Å². The Morgan fingerprint density at radius 1 is 1.29 bits per heavy atom. The first-order valence-corrected chi connectivity index (χ1v) is 8.48. The third kappa shape index (κ3) is 2.17. The van der Waals surface area contributed by atoms with E-state index in [-0.39, 0.29) is 29.8 Å². The number of carbonyl (C=O) groups is 1. The van der Waals surface area contributed by atoms with Gasteiger partial charge in [0.2, 0.25) is 10.0 Å². The third-order valence-corrected chi connectivity index (χ3v) is 6.70. The van der Waals surface area contributed by atoms with Gasteiger partial charge in [0.25, 0.3) is 0 Å². The molecule has 0 bridgehead atoms. The van der Waals surface area contributed by atoms with Crippen LogP contribution in [0.4, 0.5) is 0 Å². The topological polar surface area (TPSA) is 63.7 Å². The minimum Gasteiger partial charge on any atom is -0.469 e. The highest BCUT2D eigenvalue weighted by Crippen LogP contribution is 2.56. The second-order valence-electron chi connectivity index (χ2n) is 5.92. The molecule has 3 rings (SSSR count). The molecule has 0 amide bonds. The number of piperidine rings is 1. The molecule has 0 aromatic heterocycles. The summed E-state index contributed by atoms with van der Waals surface area (Å²) in [5.41, 5.74) is 1.03. The van der Waals surface area contributed by atoms with Crippen LogP contribution in [0.2, 0.25) is 0 Å². The summed E-state index contributed by atoms with van der Waals surface area (Å²) < 4.78 is 31.6. The average Bonchev–Trinajstić information content (AvgIpc) is 3.08. The molecule has 0 spiro atoms. The summed E-state index contributed by atoms with van der Waals surface area (Å²) in [5.74, 6) is -0.149. The molecule has 1 saturated heterocycles. The van der Waals surface area contributed by atoms with E-state index in [0.29, 0.717) is 11.4 Å². The van der Waals surface area contributed by atoms with Crippen LogP contribution in [0, 0.1) is 24.7 Å². The Morgan fingerprint density at radius 3 is 2.38 bits per heavy atom. The van der Waals surface area contributed by atoms with Gasteiger partial charge in [0.1, 0.15) is 0 Å². The number of hydrogen-bond acceptors (Lipinski definition) is 4. The molecule has 0 radical (unpaired) electrons. The molecule has 1 heterocycles. The highest BCUT2D eigenvalue weighted by molar-refractivity contribution is 7.89. The lowest BCUT2D eigenvalue weighted by Gasteiger charge is -2.25. The van der Waals surface area contributed by atoms with Crippen LogP contribution in [0.1, 0.15) is 12.5 Å². The van der Waals surface area contributed by atoms with Crippen LogP contribution in [-0.2, 0) is 19.6 Å². The monoisotopic (exact) mass is 309 g/mol. The second kappa shape index (κ2) is 4.81. The number of fused-ring (bicyclic) bond motifs is 1. The van der Waals surface area contributed by atoms with Crippen LogP contribution < -0.4 is 0 Å². The highest BCUT2D eigenvalue weighted by Gasteiger charge is 2.65. The molecule has 0 N–H and O–H groups in total. The fraction of sp³-hybridized carbons (Fsp3) is 0.533. The van der Waals surface area contributed by atoms with E-state index in [1.54, 1.807) is 24.3 Å². The first-order valence-electron chi connectivity index (χ1n) is 7.04. The van der Waals surface area contributed by atoms with E-state index in [1.165, 1.54) is 11.4 Å². The number of methoxy groups -OCH3 is 1. The van der Waals surface area contributed by atoms with Gasteiger partial charge in [0.15, 0.2) is 0 Å². The molecule has 114 valence electrons. The summed E-state index contributed by atoms with van der Waals surface area (Å²) in [7, 11) is -2.10. The van der Waals surface area contributed by atoms with Crippen molar-refractivity contribution in [1.82, 2.24) is 4.31 Å². The summed E-state index contributed by atoms with van der Waals surface area (Å²) in [6, 6.07) is 6.71. The van der Waals surface area contributed by atoms with Crippen molar-refractivity contribution in [2.24, 2.45) is 17.8 Å². The first kappa shape index (κ1) is 14.5. The molecule has 2 aliphatic rings. The number of rotatable bonds is 3. The Labute approximate surface area is 124 Å². The molecule has 21 heavy (non-hydrogen) atoms. The molecule has 2 fully saturated rings.